The van der Waals surface area contributed by atoms with Crippen LogP contribution < -0.4 is 15.5 Å². The Bertz CT molecular complexity index is 750. The summed E-state index contributed by atoms with van der Waals surface area (Å²) in [7, 11) is 1.80. The molecule has 0 radical (unpaired) electrons. The van der Waals surface area contributed by atoms with Crippen LogP contribution in [0.1, 0.15) is 49.6 Å². The molecule has 1 aliphatic rings. The van der Waals surface area contributed by atoms with Crippen LogP contribution in [0.4, 0.5) is 5.69 Å². The van der Waals surface area contributed by atoms with Crippen molar-refractivity contribution >= 4 is 11.6 Å². The van der Waals surface area contributed by atoms with E-state index in [0.717, 1.165) is 36.9 Å². The molecule has 146 valence electrons. The molecule has 2 heterocycles. The van der Waals surface area contributed by atoms with Gasteiger partial charge in [-0.25, -0.2) is 0 Å². The Hall–Kier alpha value is -2.50. The van der Waals surface area contributed by atoms with Gasteiger partial charge in [0.15, 0.2) is 11.7 Å². The van der Waals surface area contributed by atoms with Crippen LogP contribution in [0, 0.1) is 6.92 Å². The number of aliphatic imine (C=N–C) groups is 1. The van der Waals surface area contributed by atoms with Crippen molar-refractivity contribution in [2.24, 2.45) is 4.99 Å². The summed E-state index contributed by atoms with van der Waals surface area (Å²) >= 11 is 0. The van der Waals surface area contributed by atoms with E-state index in [2.05, 4.69) is 70.7 Å². The van der Waals surface area contributed by atoms with Crippen LogP contribution in [-0.2, 0) is 6.54 Å². The first-order valence-electron chi connectivity index (χ1n) is 9.79. The van der Waals surface area contributed by atoms with Crippen LogP contribution in [-0.4, -0.2) is 37.3 Å². The van der Waals surface area contributed by atoms with Crippen LogP contribution in [0.2, 0.25) is 0 Å². The van der Waals surface area contributed by atoms with E-state index in [4.69, 9.17) is 4.52 Å². The average molecular weight is 370 g/mol. The highest BCUT2D eigenvalue weighted by Crippen LogP contribution is 2.20. The lowest BCUT2D eigenvalue weighted by molar-refractivity contribution is 0.371. The molecule has 0 bridgehead atoms. The van der Waals surface area contributed by atoms with Gasteiger partial charge in [-0.2, -0.15) is 0 Å². The molecule has 1 saturated heterocycles. The number of piperidine rings is 1. The predicted octanol–water partition coefficient (Wildman–Crippen LogP) is 3.44. The number of hydrogen-bond acceptors (Lipinski definition) is 4. The highest BCUT2D eigenvalue weighted by Gasteiger charge is 2.21. The van der Waals surface area contributed by atoms with Crippen LogP contribution >= 0.6 is 0 Å². The van der Waals surface area contributed by atoms with E-state index in [0.29, 0.717) is 18.5 Å². The van der Waals surface area contributed by atoms with Crippen molar-refractivity contribution < 1.29 is 4.52 Å². The first-order valence-corrected chi connectivity index (χ1v) is 9.79. The van der Waals surface area contributed by atoms with Gasteiger partial charge in [-0.15, -0.1) is 0 Å². The quantitative estimate of drug-likeness (QED) is 0.624. The van der Waals surface area contributed by atoms with Crippen molar-refractivity contribution in [1.82, 2.24) is 15.8 Å². The molecule has 0 saturated carbocycles. The molecule has 1 aromatic heterocycles. The summed E-state index contributed by atoms with van der Waals surface area (Å²) in [6.45, 7) is 9.00. The van der Waals surface area contributed by atoms with Gasteiger partial charge in [0.2, 0.25) is 0 Å². The molecule has 0 amide bonds. The van der Waals surface area contributed by atoms with Gasteiger partial charge >= 0.3 is 0 Å². The minimum atomic E-state index is 0.368. The fourth-order valence-corrected chi connectivity index (χ4v) is 3.33. The van der Waals surface area contributed by atoms with Crippen LogP contribution in [0.15, 0.2) is 39.8 Å². The number of anilines is 1. The SMILES string of the molecule is CN=C(NCc1cc(C(C)C)no1)NC1CCCN(c2ccc(C)cc2)C1. The van der Waals surface area contributed by atoms with Gasteiger partial charge in [0, 0.05) is 37.9 Å². The van der Waals surface area contributed by atoms with Gasteiger partial charge in [-0.3, -0.25) is 4.99 Å². The highest BCUT2D eigenvalue weighted by atomic mass is 16.5. The standard InChI is InChI=1S/C21H31N5O/c1-15(2)20-12-19(27-25-20)13-23-21(22-4)24-17-6-5-11-26(14-17)18-9-7-16(3)8-10-18/h7-10,12,15,17H,5-6,11,13-14H2,1-4H3,(H2,22,23,24). The summed E-state index contributed by atoms with van der Waals surface area (Å²) in [5, 5.41) is 11.0. The Labute approximate surface area is 162 Å². The van der Waals surface area contributed by atoms with E-state index in [1.54, 1.807) is 7.05 Å². The van der Waals surface area contributed by atoms with Crippen molar-refractivity contribution in [2.75, 3.05) is 25.0 Å². The summed E-state index contributed by atoms with van der Waals surface area (Å²) in [4.78, 5) is 6.81. The molecule has 2 N–H and O–H groups in total. The summed E-state index contributed by atoms with van der Waals surface area (Å²) in [5.74, 6) is 2.00. The smallest absolute Gasteiger partial charge is 0.191 e. The Balaban J connectivity index is 1.53. The fraction of sp³-hybridized carbons (Fsp3) is 0.524. The molecule has 0 spiro atoms. The van der Waals surface area contributed by atoms with Crippen LogP contribution in [0.25, 0.3) is 0 Å². The van der Waals surface area contributed by atoms with Crippen LogP contribution in [0.5, 0.6) is 0 Å². The number of aryl methyl sites for hydroxylation is 1. The number of aromatic nitrogens is 1. The zero-order valence-electron chi connectivity index (χ0n) is 16.8. The lowest BCUT2D eigenvalue weighted by Crippen LogP contribution is -2.51. The maximum Gasteiger partial charge on any atom is 0.191 e. The zero-order valence-corrected chi connectivity index (χ0v) is 16.8. The highest BCUT2D eigenvalue weighted by molar-refractivity contribution is 5.80. The molecule has 1 fully saturated rings. The Morgan fingerprint density at radius 2 is 2.11 bits per heavy atom. The Kier molecular flexibility index (Phi) is 6.37. The third-order valence-electron chi connectivity index (χ3n) is 4.98. The van der Waals surface area contributed by atoms with Crippen LogP contribution in [0.3, 0.4) is 0 Å². The number of rotatable bonds is 5. The molecule has 2 aromatic rings. The van der Waals surface area contributed by atoms with E-state index in [-0.39, 0.29) is 0 Å². The maximum absolute atomic E-state index is 5.39. The van der Waals surface area contributed by atoms with Crippen molar-refractivity contribution in [2.45, 2.75) is 52.1 Å². The molecular weight excluding hydrogens is 338 g/mol. The summed E-state index contributed by atoms with van der Waals surface area (Å²) in [6, 6.07) is 11.1. The maximum atomic E-state index is 5.39. The molecule has 1 aliphatic heterocycles. The number of nitrogens with zero attached hydrogens (tertiary/aromatic N) is 3. The van der Waals surface area contributed by atoms with Gasteiger partial charge in [0.1, 0.15) is 0 Å². The predicted molar refractivity (Wildman–Crippen MR) is 110 cm³/mol. The Morgan fingerprint density at radius 3 is 2.78 bits per heavy atom. The minimum absolute atomic E-state index is 0.368. The van der Waals surface area contributed by atoms with E-state index < -0.39 is 0 Å². The van der Waals surface area contributed by atoms with Crippen molar-refractivity contribution in [1.29, 1.82) is 0 Å². The van der Waals surface area contributed by atoms with Crippen molar-refractivity contribution in [3.63, 3.8) is 0 Å². The summed E-state index contributed by atoms with van der Waals surface area (Å²) in [6.07, 6.45) is 2.31. The molecular formula is C21H31N5O. The second kappa shape index (κ2) is 8.93. The van der Waals surface area contributed by atoms with Gasteiger partial charge in [0.25, 0.3) is 0 Å². The molecule has 1 atom stereocenters. The normalized spacial score (nSPS) is 18.0. The van der Waals surface area contributed by atoms with Gasteiger partial charge < -0.3 is 20.1 Å². The van der Waals surface area contributed by atoms with E-state index in [9.17, 15) is 0 Å². The molecule has 1 aromatic carbocycles. The summed E-state index contributed by atoms with van der Waals surface area (Å²) in [5.41, 5.74) is 3.57. The lowest BCUT2D eigenvalue weighted by atomic mass is 10.0. The second-order valence-corrected chi connectivity index (χ2v) is 7.56. The topological polar surface area (TPSA) is 65.7 Å². The molecule has 0 aliphatic carbocycles. The molecule has 6 nitrogen and oxygen atoms in total. The largest absolute Gasteiger partial charge is 0.369 e. The number of guanidine groups is 1. The number of nitrogens with one attached hydrogen (secondary N) is 2. The minimum Gasteiger partial charge on any atom is -0.369 e. The third-order valence-corrected chi connectivity index (χ3v) is 4.98. The zero-order chi connectivity index (χ0) is 19.2. The van der Waals surface area contributed by atoms with Gasteiger partial charge in [-0.05, 0) is 37.8 Å². The monoisotopic (exact) mass is 369 g/mol. The first-order chi connectivity index (χ1) is 13.0. The molecule has 6 heteroatoms. The first kappa shape index (κ1) is 19.3. The molecule has 27 heavy (non-hydrogen) atoms. The third kappa shape index (κ3) is 5.25. The summed E-state index contributed by atoms with van der Waals surface area (Å²) < 4.78 is 5.39. The van der Waals surface area contributed by atoms with E-state index >= 15 is 0 Å². The van der Waals surface area contributed by atoms with Crippen molar-refractivity contribution in [3.8, 4) is 0 Å². The van der Waals surface area contributed by atoms with E-state index in [1.165, 1.54) is 17.7 Å². The fourth-order valence-electron chi connectivity index (χ4n) is 3.33. The molecule has 1 unspecified atom stereocenters. The van der Waals surface area contributed by atoms with Gasteiger partial charge in [-0.1, -0.05) is 36.7 Å². The lowest BCUT2D eigenvalue weighted by Gasteiger charge is -2.35. The molecule has 3 rings (SSSR count). The van der Waals surface area contributed by atoms with Crippen molar-refractivity contribution in [3.05, 3.63) is 47.3 Å². The van der Waals surface area contributed by atoms with Gasteiger partial charge in [0.05, 0.1) is 12.2 Å². The van der Waals surface area contributed by atoms with E-state index in [1.807, 2.05) is 6.07 Å². The average Bonchev–Trinajstić information content (AvgIpc) is 3.15. The number of benzene rings is 1. The second-order valence-electron chi connectivity index (χ2n) is 7.56. The Morgan fingerprint density at radius 1 is 1.33 bits per heavy atom. The number of hydrogen-bond donors (Lipinski definition) is 2.